The Bertz CT molecular complexity index is 681. The lowest BCUT2D eigenvalue weighted by Gasteiger charge is -2.41. The lowest BCUT2D eigenvalue weighted by Crippen LogP contribution is -2.52. The average molecular weight is 334 g/mol. The number of thiophene rings is 1. The van der Waals surface area contributed by atoms with Crippen LogP contribution in [-0.4, -0.2) is 22.9 Å². The lowest BCUT2D eigenvalue weighted by atomic mass is 9.62. The van der Waals surface area contributed by atoms with Gasteiger partial charge in [0.15, 0.2) is 0 Å². The molecule has 1 fully saturated rings. The van der Waals surface area contributed by atoms with Crippen LogP contribution in [0.5, 0.6) is 0 Å². The van der Waals surface area contributed by atoms with Crippen molar-refractivity contribution in [2.24, 2.45) is 23.7 Å². The third-order valence-electron chi connectivity index (χ3n) is 4.60. The van der Waals surface area contributed by atoms with Gasteiger partial charge < -0.3 is 5.11 Å². The van der Waals surface area contributed by atoms with Gasteiger partial charge in [-0.1, -0.05) is 12.2 Å². The summed E-state index contributed by atoms with van der Waals surface area (Å²) in [5.74, 6) is -3.32. The average Bonchev–Trinajstić information content (AvgIpc) is 2.99. The van der Waals surface area contributed by atoms with Crippen LogP contribution in [0.4, 0.5) is 0 Å². The predicted molar refractivity (Wildman–Crippen MR) is 84.6 cm³/mol. The summed E-state index contributed by atoms with van der Waals surface area (Å²) in [6.07, 6.45) is 5.44. The quantitative estimate of drug-likeness (QED) is 0.579. The Balaban J connectivity index is 1.66. The molecule has 7 heteroatoms. The summed E-state index contributed by atoms with van der Waals surface area (Å²) in [5, 5.41) is 9.44. The lowest BCUT2D eigenvalue weighted by molar-refractivity contribution is -0.153. The summed E-state index contributed by atoms with van der Waals surface area (Å²) in [6, 6.07) is 3.51. The number of hydrogen-bond acceptors (Lipinski definition) is 4. The maximum atomic E-state index is 12.4. The first-order valence-electron chi connectivity index (χ1n) is 7.55. The van der Waals surface area contributed by atoms with Crippen molar-refractivity contribution in [3.05, 3.63) is 34.0 Å². The molecular weight excluding hydrogens is 316 g/mol. The summed E-state index contributed by atoms with van der Waals surface area (Å²) in [5.41, 5.74) is 4.78. The Morgan fingerprint density at radius 3 is 2.26 bits per heavy atom. The second-order valence-electron chi connectivity index (χ2n) is 6.03. The van der Waals surface area contributed by atoms with E-state index in [1.54, 1.807) is 6.07 Å². The molecule has 0 unspecified atom stereocenters. The minimum Gasteiger partial charge on any atom is -0.481 e. The van der Waals surface area contributed by atoms with Gasteiger partial charge in [0.05, 0.1) is 16.7 Å². The Morgan fingerprint density at radius 2 is 1.74 bits per heavy atom. The van der Waals surface area contributed by atoms with E-state index in [4.69, 9.17) is 0 Å². The van der Waals surface area contributed by atoms with Gasteiger partial charge in [0.2, 0.25) is 5.91 Å². The third kappa shape index (κ3) is 3.01. The molecule has 1 aromatic heterocycles. The summed E-state index contributed by atoms with van der Waals surface area (Å²) < 4.78 is 0. The van der Waals surface area contributed by atoms with Crippen molar-refractivity contribution in [3.8, 4) is 0 Å². The number of allylic oxidation sites excluding steroid dienone is 2. The van der Waals surface area contributed by atoms with Crippen molar-refractivity contribution >= 4 is 29.1 Å². The number of aryl methyl sites for hydroxylation is 1. The Morgan fingerprint density at radius 1 is 1.09 bits per heavy atom. The molecule has 1 heterocycles. The summed E-state index contributed by atoms with van der Waals surface area (Å²) >= 11 is 1.33. The number of fused-ring (bicyclic) bond motifs is 2. The maximum Gasteiger partial charge on any atom is 0.307 e. The topological polar surface area (TPSA) is 95.5 Å². The number of carbonyl (C=O) groups is 3. The smallest absolute Gasteiger partial charge is 0.307 e. The minimum absolute atomic E-state index is 0.0815. The molecule has 4 atom stereocenters. The number of rotatable bonds is 3. The molecule has 1 saturated carbocycles. The Kier molecular flexibility index (Phi) is 4.21. The maximum absolute atomic E-state index is 12.4. The first-order valence-corrected chi connectivity index (χ1v) is 8.37. The molecule has 1 aromatic rings. The Labute approximate surface area is 137 Å². The molecule has 3 aliphatic carbocycles. The summed E-state index contributed by atoms with van der Waals surface area (Å²) in [6.45, 7) is 1.89. The second kappa shape index (κ2) is 6.16. The normalized spacial score (nSPS) is 28.4. The standard InChI is InChI=1S/C16H18N2O4S/c1-8-2-7-11(23-8)14(19)17-18-15(20)12-9-3-5-10(6-4-9)13(12)16(21)22/h2-3,5,7,9-10,12-13H,4,6H2,1H3,(H,17,19)(H,18,20)(H,21,22)/t9-,10-,12-,13+/m0/s1. The van der Waals surface area contributed by atoms with Gasteiger partial charge in [0.1, 0.15) is 0 Å². The van der Waals surface area contributed by atoms with E-state index in [9.17, 15) is 19.5 Å². The highest BCUT2D eigenvalue weighted by atomic mass is 32.1. The number of amides is 2. The molecule has 4 rings (SSSR count). The van der Waals surface area contributed by atoms with Crippen LogP contribution in [0.3, 0.4) is 0 Å². The molecule has 6 nitrogen and oxygen atoms in total. The molecule has 0 aromatic carbocycles. The van der Waals surface area contributed by atoms with Crippen LogP contribution in [0.25, 0.3) is 0 Å². The van der Waals surface area contributed by atoms with Crippen molar-refractivity contribution < 1.29 is 19.5 Å². The van der Waals surface area contributed by atoms with E-state index in [1.807, 2.05) is 25.1 Å². The van der Waals surface area contributed by atoms with E-state index in [2.05, 4.69) is 10.9 Å². The van der Waals surface area contributed by atoms with Gasteiger partial charge in [-0.2, -0.15) is 0 Å². The number of carbonyl (C=O) groups excluding carboxylic acids is 2. The molecule has 0 aliphatic heterocycles. The summed E-state index contributed by atoms with van der Waals surface area (Å²) in [4.78, 5) is 37.4. The molecule has 3 N–H and O–H groups in total. The van der Waals surface area contributed by atoms with Crippen molar-refractivity contribution in [2.75, 3.05) is 0 Å². The van der Waals surface area contributed by atoms with Crippen molar-refractivity contribution in [1.29, 1.82) is 0 Å². The molecule has 122 valence electrons. The van der Waals surface area contributed by atoms with E-state index in [0.29, 0.717) is 4.88 Å². The van der Waals surface area contributed by atoms with E-state index in [-0.39, 0.29) is 17.7 Å². The van der Waals surface area contributed by atoms with Gasteiger partial charge in [0.25, 0.3) is 5.91 Å². The fraction of sp³-hybridized carbons (Fsp3) is 0.438. The zero-order valence-electron chi connectivity index (χ0n) is 12.6. The zero-order valence-corrected chi connectivity index (χ0v) is 13.4. The molecule has 2 amide bonds. The zero-order chi connectivity index (χ0) is 16.6. The molecule has 0 spiro atoms. The van der Waals surface area contributed by atoms with Crippen molar-refractivity contribution in [2.45, 2.75) is 19.8 Å². The third-order valence-corrected chi connectivity index (χ3v) is 5.60. The number of carboxylic acid groups (broad SMARTS) is 1. The van der Waals surface area contributed by atoms with Crippen LogP contribution in [0, 0.1) is 30.6 Å². The monoisotopic (exact) mass is 334 g/mol. The fourth-order valence-electron chi connectivity index (χ4n) is 3.51. The number of carboxylic acids is 1. The highest BCUT2D eigenvalue weighted by molar-refractivity contribution is 7.13. The van der Waals surface area contributed by atoms with Crippen LogP contribution in [0.1, 0.15) is 27.4 Å². The number of nitrogens with one attached hydrogen (secondary N) is 2. The van der Waals surface area contributed by atoms with E-state index >= 15 is 0 Å². The van der Waals surface area contributed by atoms with Gasteiger partial charge in [-0.05, 0) is 43.7 Å². The second-order valence-corrected chi connectivity index (χ2v) is 7.32. The number of aliphatic carboxylic acids is 1. The molecule has 0 radical (unpaired) electrons. The van der Waals surface area contributed by atoms with E-state index < -0.39 is 23.7 Å². The van der Waals surface area contributed by atoms with Crippen LogP contribution >= 0.6 is 11.3 Å². The predicted octanol–water partition coefficient (Wildman–Crippen LogP) is 1.73. The van der Waals surface area contributed by atoms with Gasteiger partial charge in [-0.25, -0.2) is 0 Å². The molecule has 0 saturated heterocycles. The largest absolute Gasteiger partial charge is 0.481 e. The van der Waals surface area contributed by atoms with Crippen molar-refractivity contribution in [3.63, 3.8) is 0 Å². The number of hydrogen-bond donors (Lipinski definition) is 3. The molecular formula is C16H18N2O4S. The fourth-order valence-corrected chi connectivity index (χ4v) is 4.27. The molecule has 3 aliphatic rings. The minimum atomic E-state index is -0.954. The van der Waals surface area contributed by atoms with Crippen LogP contribution in [-0.2, 0) is 9.59 Å². The van der Waals surface area contributed by atoms with Crippen LogP contribution < -0.4 is 10.9 Å². The van der Waals surface area contributed by atoms with Crippen LogP contribution in [0.15, 0.2) is 24.3 Å². The molecule has 2 bridgehead atoms. The highest BCUT2D eigenvalue weighted by Gasteiger charge is 2.48. The van der Waals surface area contributed by atoms with Gasteiger partial charge in [0, 0.05) is 4.88 Å². The van der Waals surface area contributed by atoms with E-state index in [1.165, 1.54) is 11.3 Å². The van der Waals surface area contributed by atoms with Gasteiger partial charge >= 0.3 is 5.97 Å². The highest BCUT2D eigenvalue weighted by Crippen LogP contribution is 2.44. The van der Waals surface area contributed by atoms with Gasteiger partial charge in [-0.3, -0.25) is 25.2 Å². The SMILES string of the molecule is Cc1ccc(C(=O)NNC(=O)[C@@H]2[C@H](C(=O)O)[C@H]3C=C[C@H]2CC3)s1. The van der Waals surface area contributed by atoms with Crippen LogP contribution in [0.2, 0.25) is 0 Å². The summed E-state index contributed by atoms with van der Waals surface area (Å²) in [7, 11) is 0. The van der Waals surface area contributed by atoms with E-state index in [0.717, 1.165) is 17.7 Å². The molecule has 23 heavy (non-hydrogen) atoms. The van der Waals surface area contributed by atoms with Gasteiger partial charge in [-0.15, -0.1) is 11.3 Å². The van der Waals surface area contributed by atoms with Crippen molar-refractivity contribution in [1.82, 2.24) is 10.9 Å². The first-order chi connectivity index (χ1) is 11.0. The first kappa shape index (κ1) is 15.7. The number of hydrazine groups is 1. The Hall–Kier alpha value is -2.15.